The molecule has 5 aliphatic carbocycles. The number of aromatic nitrogens is 2. The zero-order valence-corrected chi connectivity index (χ0v) is 37.9. The van der Waals surface area contributed by atoms with E-state index < -0.39 is 47.8 Å². The number of ether oxygens (including phenoxy) is 2. The number of unbranched alkanes of at least 4 members (excludes halogenated alkanes) is 7. The van der Waals surface area contributed by atoms with Gasteiger partial charge in [-0.05, 0) is 122 Å². The van der Waals surface area contributed by atoms with Gasteiger partial charge in [0.2, 0.25) is 0 Å². The number of carbonyl (C=O) groups is 1. The zero-order valence-electron chi connectivity index (χ0n) is 37.9. The van der Waals surface area contributed by atoms with Crippen LogP contribution in [0.4, 0.5) is 0 Å². The number of allylic oxidation sites excluding steroid dienone is 2. The van der Waals surface area contributed by atoms with Crippen LogP contribution < -0.4 is 11.2 Å². The van der Waals surface area contributed by atoms with Gasteiger partial charge in [-0.25, -0.2) is 4.79 Å². The van der Waals surface area contributed by atoms with Gasteiger partial charge in [0, 0.05) is 18.8 Å². The quantitative estimate of drug-likeness (QED) is 0.0848. The average Bonchev–Trinajstić information content (AvgIpc) is 3.48. The van der Waals surface area contributed by atoms with E-state index in [1.807, 2.05) is 0 Å². The smallest absolute Gasteiger partial charge is 0.333 e. The van der Waals surface area contributed by atoms with Crippen LogP contribution in [-0.4, -0.2) is 73.2 Å². The highest BCUT2D eigenvalue weighted by molar-refractivity contribution is 5.78. The van der Waals surface area contributed by atoms with Crippen molar-refractivity contribution in [3.8, 4) is 0 Å². The number of hydrogen-bond acceptors (Lipinski definition) is 9. The van der Waals surface area contributed by atoms with Crippen LogP contribution >= 0.6 is 0 Å². The first-order valence-corrected chi connectivity index (χ1v) is 23.8. The van der Waals surface area contributed by atoms with Crippen LogP contribution in [0.3, 0.4) is 0 Å². The van der Waals surface area contributed by atoms with E-state index in [9.17, 15) is 34.8 Å². The van der Waals surface area contributed by atoms with Gasteiger partial charge in [0.1, 0.15) is 18.3 Å². The summed E-state index contributed by atoms with van der Waals surface area (Å²) in [7, 11) is 0. The number of esters is 1. The summed E-state index contributed by atoms with van der Waals surface area (Å²) in [5, 5.41) is 41.0. The Kier molecular flexibility index (Phi) is 13.0. The average molecular weight is 839 g/mol. The molecule has 1 aromatic rings. The number of aliphatic hydroxyl groups excluding tert-OH is 4. The third-order valence-corrected chi connectivity index (χ3v) is 18.4. The molecule has 338 valence electrons. The van der Waals surface area contributed by atoms with Crippen LogP contribution in [0.2, 0.25) is 0 Å². The monoisotopic (exact) mass is 839 g/mol. The fraction of sp³-hybridized carbons (Fsp3) is 0.857. The lowest BCUT2D eigenvalue weighted by Gasteiger charge is -2.71. The predicted molar refractivity (Wildman–Crippen MR) is 231 cm³/mol. The van der Waals surface area contributed by atoms with E-state index in [1.165, 1.54) is 25.1 Å². The first-order valence-electron chi connectivity index (χ1n) is 23.8. The van der Waals surface area contributed by atoms with Crippen molar-refractivity contribution in [1.82, 2.24) is 9.13 Å². The molecule has 7 rings (SSSR count). The molecular weight excluding hydrogens is 761 g/mol. The zero-order chi connectivity index (χ0) is 43.5. The Hall–Kier alpha value is -2.31. The van der Waals surface area contributed by atoms with Gasteiger partial charge >= 0.3 is 11.7 Å². The molecule has 2 heterocycles. The largest absolute Gasteiger partial charge is 0.465 e. The Morgan fingerprint density at radius 2 is 1.48 bits per heavy atom. The number of fused-ring (bicyclic) bond motifs is 7. The van der Waals surface area contributed by atoms with Gasteiger partial charge in [-0.15, -0.1) is 0 Å². The summed E-state index contributed by atoms with van der Waals surface area (Å²) in [6.45, 7) is 17.4. The number of rotatable bonds is 14. The molecule has 11 heteroatoms. The summed E-state index contributed by atoms with van der Waals surface area (Å²) in [6.07, 6.45) is 16.7. The molecular formula is C49H78N2O9. The molecule has 1 saturated heterocycles. The van der Waals surface area contributed by atoms with E-state index in [-0.39, 0.29) is 51.6 Å². The molecule has 0 spiro atoms. The van der Waals surface area contributed by atoms with Crippen LogP contribution in [-0.2, 0) is 20.8 Å². The molecule has 1 aliphatic heterocycles. The minimum Gasteiger partial charge on any atom is -0.465 e. The summed E-state index contributed by atoms with van der Waals surface area (Å²) in [4.78, 5) is 40.0. The minimum absolute atomic E-state index is 0.0417. The third kappa shape index (κ3) is 7.64. The Bertz CT molecular complexity index is 1870. The summed E-state index contributed by atoms with van der Waals surface area (Å²) in [6, 6.07) is 1.25. The molecule has 0 aromatic carbocycles. The molecule has 0 bridgehead atoms. The number of hydrogen-bond donors (Lipinski definition) is 4. The molecule has 0 radical (unpaired) electrons. The van der Waals surface area contributed by atoms with Crippen molar-refractivity contribution in [2.45, 2.75) is 201 Å². The highest BCUT2D eigenvalue weighted by Gasteiger charge is 2.69. The summed E-state index contributed by atoms with van der Waals surface area (Å²) in [5.74, 6) is 1.37. The standard InChI is InChI=1S/C49H78N2O9/c1-44(2)23-25-49(26-24-47(6)32(33(49)30-44)16-17-36-46(5)21-19-37(53)45(3,4)35(46)18-22-48(36,47)7)42(57)59-29-15-13-11-9-8-10-12-14-27-50-38(54)20-28-51(43(50)58)41-40(56)39(55)34(31-52)60-41/h16,20,28,33-37,39-41,52-53,55-56H,8-15,17-19,21-27,29-31H2,1-7H3/t33-,34+,35?,36+,37-,39+,40+,41+,46-,47+,48+,49-/m0/s1. The molecule has 11 nitrogen and oxygen atoms in total. The van der Waals surface area contributed by atoms with Crippen molar-refractivity contribution >= 4 is 5.97 Å². The topological polar surface area (TPSA) is 160 Å². The second-order valence-corrected chi connectivity index (χ2v) is 22.4. The van der Waals surface area contributed by atoms with Gasteiger partial charge in [0.15, 0.2) is 6.23 Å². The van der Waals surface area contributed by atoms with Gasteiger partial charge < -0.3 is 29.9 Å². The lowest BCUT2D eigenvalue weighted by molar-refractivity contribution is -0.206. The Labute approximate surface area is 358 Å². The van der Waals surface area contributed by atoms with E-state index in [1.54, 1.807) is 5.57 Å². The highest BCUT2D eigenvalue weighted by Crippen LogP contribution is 2.75. The maximum absolute atomic E-state index is 14.4. The Balaban J connectivity index is 0.883. The molecule has 4 saturated carbocycles. The molecule has 0 amide bonds. The van der Waals surface area contributed by atoms with Crippen molar-refractivity contribution in [1.29, 1.82) is 0 Å². The van der Waals surface area contributed by atoms with Crippen molar-refractivity contribution in [3.63, 3.8) is 0 Å². The van der Waals surface area contributed by atoms with E-state index in [2.05, 4.69) is 54.5 Å². The van der Waals surface area contributed by atoms with Crippen molar-refractivity contribution in [2.24, 2.45) is 50.2 Å². The van der Waals surface area contributed by atoms with E-state index in [4.69, 9.17) is 9.47 Å². The van der Waals surface area contributed by atoms with Crippen LogP contribution in [0.15, 0.2) is 33.5 Å². The molecule has 60 heavy (non-hydrogen) atoms. The first-order chi connectivity index (χ1) is 28.3. The maximum atomic E-state index is 14.4. The van der Waals surface area contributed by atoms with Gasteiger partial charge in [-0.1, -0.05) is 98.6 Å². The maximum Gasteiger partial charge on any atom is 0.333 e. The van der Waals surface area contributed by atoms with Crippen molar-refractivity contribution < 1.29 is 34.7 Å². The van der Waals surface area contributed by atoms with Crippen LogP contribution in [0.5, 0.6) is 0 Å². The molecule has 4 N–H and O–H groups in total. The lowest BCUT2D eigenvalue weighted by Crippen LogP contribution is -2.65. The van der Waals surface area contributed by atoms with Gasteiger partial charge in [0.25, 0.3) is 5.56 Å². The number of nitrogens with zero attached hydrogens (tertiary/aromatic N) is 2. The SMILES string of the molecule is CC1(C)CC[C@]2(C(=O)OCCCCCCCCCCn3c(=O)ccn([C@@H]4O[C@H](CO)[C@@H](O)[C@H]4O)c3=O)CC[C@]3(C)C(=CC[C@@H]4[C@@]5(C)CC[C@H](O)C(C)(C)C5CC[C@]43C)[C@@H]2C1. The number of aliphatic hydroxyl groups is 4. The van der Waals surface area contributed by atoms with E-state index >= 15 is 0 Å². The van der Waals surface area contributed by atoms with E-state index in [0.717, 1.165) is 105 Å². The minimum atomic E-state index is -1.40. The molecule has 12 atom stereocenters. The van der Waals surface area contributed by atoms with Crippen molar-refractivity contribution in [3.05, 3.63) is 44.8 Å². The van der Waals surface area contributed by atoms with Crippen LogP contribution in [0, 0.1) is 50.2 Å². The first kappa shape index (κ1) is 45.7. The fourth-order valence-corrected chi connectivity index (χ4v) is 14.4. The molecule has 1 unspecified atom stereocenters. The second-order valence-electron chi connectivity index (χ2n) is 22.4. The normalized spacial score (nSPS) is 40.4. The molecule has 6 aliphatic rings. The van der Waals surface area contributed by atoms with E-state index in [0.29, 0.717) is 24.9 Å². The van der Waals surface area contributed by atoms with Gasteiger partial charge in [0.05, 0.1) is 24.7 Å². The Morgan fingerprint density at radius 1 is 0.817 bits per heavy atom. The predicted octanol–water partition coefficient (Wildman–Crippen LogP) is 7.45. The fourth-order valence-electron chi connectivity index (χ4n) is 14.4. The molecule has 5 fully saturated rings. The van der Waals surface area contributed by atoms with Crippen molar-refractivity contribution in [2.75, 3.05) is 13.2 Å². The summed E-state index contributed by atoms with van der Waals surface area (Å²) in [5.41, 5.74) is 0.635. The highest BCUT2D eigenvalue weighted by atomic mass is 16.6. The second kappa shape index (κ2) is 17.0. The Morgan fingerprint density at radius 3 is 2.17 bits per heavy atom. The van der Waals surface area contributed by atoms with Gasteiger partial charge in [-0.3, -0.25) is 18.7 Å². The lowest BCUT2D eigenvalue weighted by atomic mass is 9.33. The summed E-state index contributed by atoms with van der Waals surface area (Å²) < 4.78 is 14.0. The summed E-state index contributed by atoms with van der Waals surface area (Å²) >= 11 is 0. The van der Waals surface area contributed by atoms with Crippen LogP contribution in [0.1, 0.15) is 170 Å². The van der Waals surface area contributed by atoms with Crippen LogP contribution in [0.25, 0.3) is 0 Å². The third-order valence-electron chi connectivity index (χ3n) is 18.4. The van der Waals surface area contributed by atoms with Gasteiger partial charge in [-0.2, -0.15) is 0 Å². The molecule has 1 aromatic heterocycles. The number of carbonyl (C=O) groups excluding carboxylic acids is 1.